The Bertz CT molecular complexity index is 1380. The van der Waals surface area contributed by atoms with Crippen LogP contribution in [-0.4, -0.2) is 27.0 Å². The van der Waals surface area contributed by atoms with Gasteiger partial charge in [0.25, 0.3) is 0 Å². The van der Waals surface area contributed by atoms with E-state index in [4.69, 9.17) is 16.3 Å². The summed E-state index contributed by atoms with van der Waals surface area (Å²) in [5, 5.41) is 25.6. The fourth-order valence-electron chi connectivity index (χ4n) is 2.98. The van der Waals surface area contributed by atoms with Crippen LogP contribution in [0, 0.1) is 21.4 Å². The molecule has 0 spiro atoms. The molecule has 0 radical (unpaired) electrons. The number of nitriles is 1. The van der Waals surface area contributed by atoms with E-state index < -0.39 is 4.92 Å². The molecule has 2 heterocycles. The summed E-state index contributed by atoms with van der Waals surface area (Å²) in [4.78, 5) is 24.2. The van der Waals surface area contributed by atoms with Gasteiger partial charge < -0.3 is 10.1 Å². The topological polar surface area (TPSA) is 127 Å². The highest BCUT2D eigenvalue weighted by Crippen LogP contribution is 2.38. The van der Waals surface area contributed by atoms with Crippen molar-refractivity contribution >= 4 is 63.7 Å². The molecule has 2 aromatic heterocycles. The lowest BCUT2D eigenvalue weighted by Gasteiger charge is -2.13. The molecule has 4 aromatic rings. The van der Waals surface area contributed by atoms with Crippen molar-refractivity contribution in [1.82, 2.24) is 15.0 Å². The zero-order valence-electron chi connectivity index (χ0n) is 16.9. The van der Waals surface area contributed by atoms with Gasteiger partial charge in [0.1, 0.15) is 6.07 Å². The lowest BCUT2D eigenvalue weighted by molar-refractivity contribution is -0.385. The molecule has 0 fully saturated rings. The van der Waals surface area contributed by atoms with Gasteiger partial charge in [-0.1, -0.05) is 11.6 Å². The number of halogens is 2. The number of nitro benzene ring substituents is 1. The number of benzene rings is 2. The van der Waals surface area contributed by atoms with Gasteiger partial charge in [-0.25, -0.2) is 9.97 Å². The van der Waals surface area contributed by atoms with Gasteiger partial charge in [0.2, 0.25) is 0 Å². The van der Waals surface area contributed by atoms with Crippen LogP contribution in [0.2, 0.25) is 5.02 Å². The third kappa shape index (κ3) is 5.06. The number of fused-ring (bicyclic) bond motifs is 1. The van der Waals surface area contributed by atoms with Crippen LogP contribution in [0.4, 0.5) is 17.1 Å². The molecule has 0 unspecified atom stereocenters. The number of hydrogen-bond acceptors (Lipinski definition) is 9. The molecular formula is C21H14Cl2N6O3S. The van der Waals surface area contributed by atoms with Crippen molar-refractivity contribution in [1.29, 1.82) is 5.26 Å². The van der Waals surface area contributed by atoms with Crippen molar-refractivity contribution in [2.75, 3.05) is 12.4 Å². The maximum absolute atomic E-state index is 11.5. The van der Waals surface area contributed by atoms with E-state index in [2.05, 4.69) is 26.3 Å². The minimum absolute atomic E-state index is 0. The Morgan fingerprint density at radius 1 is 1.21 bits per heavy atom. The van der Waals surface area contributed by atoms with Crippen LogP contribution in [0.25, 0.3) is 10.9 Å². The van der Waals surface area contributed by atoms with Gasteiger partial charge in [0.15, 0.2) is 10.9 Å². The van der Waals surface area contributed by atoms with E-state index in [1.54, 1.807) is 36.7 Å². The summed E-state index contributed by atoms with van der Waals surface area (Å²) in [5.41, 5.74) is 1.41. The predicted octanol–water partition coefficient (Wildman–Crippen LogP) is 5.78. The van der Waals surface area contributed by atoms with E-state index >= 15 is 0 Å². The first kappa shape index (κ1) is 24.0. The Balaban J connectivity index is 0.00000306. The molecule has 4 rings (SSSR count). The Hall–Kier alpha value is -3.65. The zero-order valence-corrected chi connectivity index (χ0v) is 19.2. The van der Waals surface area contributed by atoms with Crippen LogP contribution >= 0.6 is 35.8 Å². The summed E-state index contributed by atoms with van der Waals surface area (Å²) >= 11 is 7.76. The van der Waals surface area contributed by atoms with Crippen molar-refractivity contribution in [3.05, 3.63) is 75.7 Å². The van der Waals surface area contributed by atoms with E-state index in [0.717, 1.165) is 4.90 Å². The summed E-state index contributed by atoms with van der Waals surface area (Å²) in [5.74, 6) is 0.0817. The molecule has 33 heavy (non-hydrogen) atoms. The van der Waals surface area contributed by atoms with Crippen molar-refractivity contribution in [3.8, 4) is 11.8 Å². The Morgan fingerprint density at radius 2 is 1.97 bits per heavy atom. The molecule has 2 aromatic carbocycles. The number of nitrogens with zero attached hydrogens (tertiary/aromatic N) is 5. The quantitative estimate of drug-likeness (QED) is 0.199. The summed E-state index contributed by atoms with van der Waals surface area (Å²) in [6, 6.07) is 11.9. The van der Waals surface area contributed by atoms with Crippen molar-refractivity contribution in [2.45, 2.75) is 10.1 Å². The number of anilines is 2. The Labute approximate surface area is 203 Å². The molecular weight excluding hydrogens is 487 g/mol. The minimum Gasteiger partial charge on any atom is -0.490 e. The van der Waals surface area contributed by atoms with Crippen LogP contribution in [0.3, 0.4) is 0 Å². The highest BCUT2D eigenvalue weighted by Gasteiger charge is 2.20. The normalized spacial score (nSPS) is 10.2. The van der Waals surface area contributed by atoms with Crippen molar-refractivity contribution in [3.63, 3.8) is 0 Å². The number of aromatic nitrogens is 3. The number of nitro groups is 1. The SMILES string of the molecule is COc1cc2ncc(C#N)c(Nc3ccc(Sc4ncccn4)c(Cl)c3)c2cc1[N+](=O)[O-].Cl. The average Bonchev–Trinajstić information content (AvgIpc) is 2.80. The molecule has 0 aliphatic rings. The predicted molar refractivity (Wildman–Crippen MR) is 128 cm³/mol. The van der Waals surface area contributed by atoms with Gasteiger partial charge in [-0.05, 0) is 36.0 Å². The number of methoxy groups -OCH3 is 1. The van der Waals surface area contributed by atoms with Crippen LogP contribution in [-0.2, 0) is 0 Å². The molecule has 0 atom stereocenters. The smallest absolute Gasteiger partial charge is 0.311 e. The summed E-state index contributed by atoms with van der Waals surface area (Å²) < 4.78 is 5.11. The summed E-state index contributed by atoms with van der Waals surface area (Å²) in [6.07, 6.45) is 4.69. The first-order valence-corrected chi connectivity index (χ1v) is 10.3. The molecule has 0 amide bonds. The highest BCUT2D eigenvalue weighted by molar-refractivity contribution is 7.99. The second kappa shape index (κ2) is 10.3. The van der Waals surface area contributed by atoms with Crippen LogP contribution < -0.4 is 10.1 Å². The Morgan fingerprint density at radius 3 is 2.61 bits per heavy atom. The largest absolute Gasteiger partial charge is 0.490 e. The summed E-state index contributed by atoms with van der Waals surface area (Å²) in [7, 11) is 1.35. The second-order valence-corrected chi connectivity index (χ2v) is 7.78. The molecule has 1 N–H and O–H groups in total. The minimum atomic E-state index is -0.546. The molecule has 9 nitrogen and oxygen atoms in total. The fourth-order valence-corrected chi connectivity index (χ4v) is 3.99. The molecule has 0 saturated carbocycles. The molecule has 0 saturated heterocycles. The highest BCUT2D eigenvalue weighted by atomic mass is 35.5. The van der Waals surface area contributed by atoms with Gasteiger partial charge in [-0.15, -0.1) is 12.4 Å². The molecule has 0 bridgehead atoms. The van der Waals surface area contributed by atoms with Crippen LogP contribution in [0.5, 0.6) is 5.75 Å². The molecule has 0 aliphatic heterocycles. The average molecular weight is 501 g/mol. The molecule has 166 valence electrons. The number of rotatable bonds is 6. The summed E-state index contributed by atoms with van der Waals surface area (Å²) in [6.45, 7) is 0. The lowest BCUT2D eigenvalue weighted by atomic mass is 10.1. The van der Waals surface area contributed by atoms with Crippen molar-refractivity contribution < 1.29 is 9.66 Å². The standard InChI is InChI=1S/C21H13ClN6O3S.ClH/c1-31-18-9-16-14(8-17(18)28(29)30)20(12(10-23)11-26-16)27-13-3-4-19(15(22)7-13)32-21-24-5-2-6-25-21;/h2-9,11H,1H3,(H,26,27);1H. The van der Waals surface area contributed by atoms with Gasteiger partial charge in [0, 0.05) is 46.7 Å². The number of ether oxygens (including phenoxy) is 1. The van der Waals surface area contributed by atoms with Gasteiger partial charge in [0.05, 0.1) is 33.8 Å². The second-order valence-electron chi connectivity index (χ2n) is 6.36. The van der Waals surface area contributed by atoms with E-state index in [-0.39, 0.29) is 29.4 Å². The number of nitrogens with one attached hydrogen (secondary N) is 1. The lowest BCUT2D eigenvalue weighted by Crippen LogP contribution is -1.99. The first-order chi connectivity index (χ1) is 15.5. The van der Waals surface area contributed by atoms with E-state index in [0.29, 0.717) is 32.5 Å². The molecule has 0 aliphatic carbocycles. The van der Waals surface area contributed by atoms with E-state index in [1.165, 1.54) is 37.2 Å². The van der Waals surface area contributed by atoms with E-state index in [1.807, 2.05) is 0 Å². The third-order valence-corrected chi connectivity index (χ3v) is 5.82. The number of pyridine rings is 1. The maximum Gasteiger partial charge on any atom is 0.311 e. The van der Waals surface area contributed by atoms with Gasteiger partial charge >= 0.3 is 5.69 Å². The Kier molecular flexibility index (Phi) is 7.50. The monoisotopic (exact) mass is 500 g/mol. The van der Waals surface area contributed by atoms with Gasteiger partial charge in [-0.3, -0.25) is 15.1 Å². The van der Waals surface area contributed by atoms with Gasteiger partial charge in [-0.2, -0.15) is 5.26 Å². The third-order valence-electron chi connectivity index (χ3n) is 4.43. The van der Waals surface area contributed by atoms with Crippen LogP contribution in [0.1, 0.15) is 5.56 Å². The maximum atomic E-state index is 11.5. The van der Waals surface area contributed by atoms with Crippen molar-refractivity contribution in [2.24, 2.45) is 0 Å². The first-order valence-electron chi connectivity index (χ1n) is 9.07. The van der Waals surface area contributed by atoms with E-state index in [9.17, 15) is 15.4 Å². The zero-order chi connectivity index (χ0) is 22.7. The van der Waals surface area contributed by atoms with Crippen LogP contribution in [0.15, 0.2) is 65.0 Å². The fraction of sp³-hybridized carbons (Fsp3) is 0.0476. The molecule has 12 heteroatoms. The number of hydrogen-bond donors (Lipinski definition) is 1.